The summed E-state index contributed by atoms with van der Waals surface area (Å²) in [5, 5.41) is 0. The number of hydrogen-bond donors (Lipinski definition) is 0. The van der Waals surface area contributed by atoms with Crippen molar-refractivity contribution in [2.75, 3.05) is 6.61 Å². The molecule has 0 fully saturated rings. The van der Waals surface area contributed by atoms with Crippen molar-refractivity contribution in [2.24, 2.45) is 0 Å². The number of aromatic nitrogens is 4. The molecular weight excluding hydrogens is 368 g/mol. The van der Waals surface area contributed by atoms with E-state index in [1.165, 1.54) is 18.6 Å². The Bertz CT molecular complexity index is 1240. The minimum Gasteiger partial charge on any atom is -0.461 e. The van der Waals surface area contributed by atoms with E-state index in [4.69, 9.17) is 4.74 Å². The maximum Gasteiger partial charge on any atom is 0.358 e. The van der Waals surface area contributed by atoms with Crippen molar-refractivity contribution in [1.29, 1.82) is 0 Å². The number of rotatable bonds is 5. The Morgan fingerprint density at radius 1 is 1.19 bits per heavy atom. The fourth-order valence-corrected chi connectivity index (χ4v) is 4.29. The molecule has 0 atom stereocenters. The average molecular weight is 384 g/mol. The molecule has 3 aromatic heterocycles. The molecule has 0 radical (unpaired) electrons. The zero-order valence-corrected chi connectivity index (χ0v) is 15.3. The summed E-state index contributed by atoms with van der Waals surface area (Å²) in [5.74, 6) is -0.680. The summed E-state index contributed by atoms with van der Waals surface area (Å²) in [6.45, 7) is 1.96. The second-order valence-electron chi connectivity index (χ2n) is 5.90. The molecule has 0 N–H and O–H groups in total. The van der Waals surface area contributed by atoms with Gasteiger partial charge in [0.25, 0.3) is 0 Å². The molecule has 0 unspecified atom stereocenters. The van der Waals surface area contributed by atoms with E-state index >= 15 is 0 Å². The molecule has 9 heteroatoms. The second kappa shape index (κ2) is 6.51. The highest BCUT2D eigenvalue weighted by atomic mass is 32.2. The lowest BCUT2D eigenvalue weighted by atomic mass is 10.2. The molecule has 0 aliphatic carbocycles. The molecule has 8 nitrogen and oxygen atoms in total. The number of hydrogen-bond acceptors (Lipinski definition) is 6. The smallest absolute Gasteiger partial charge is 0.358 e. The predicted octanol–water partition coefficient (Wildman–Crippen LogP) is 2.24. The molecule has 1 aromatic carbocycles. The molecule has 0 saturated carbocycles. The highest BCUT2D eigenvalue weighted by Gasteiger charge is 2.20. The van der Waals surface area contributed by atoms with Crippen LogP contribution in [0, 0.1) is 0 Å². The van der Waals surface area contributed by atoms with Gasteiger partial charge in [-0.3, -0.25) is 4.40 Å². The number of benzene rings is 1. The van der Waals surface area contributed by atoms with Crippen molar-refractivity contribution in [3.05, 3.63) is 66.2 Å². The number of ether oxygens (including phenoxy) is 1. The van der Waals surface area contributed by atoms with Gasteiger partial charge in [0.1, 0.15) is 0 Å². The van der Waals surface area contributed by atoms with E-state index in [2.05, 4.69) is 9.97 Å². The van der Waals surface area contributed by atoms with Gasteiger partial charge in [0, 0.05) is 12.4 Å². The Labute approximate surface area is 155 Å². The van der Waals surface area contributed by atoms with Crippen molar-refractivity contribution in [3.63, 3.8) is 0 Å². The normalized spacial score (nSPS) is 11.9. The van der Waals surface area contributed by atoms with Gasteiger partial charge >= 0.3 is 5.97 Å². The van der Waals surface area contributed by atoms with Crippen LogP contribution in [0.1, 0.15) is 23.0 Å². The Kier molecular flexibility index (Phi) is 4.15. The molecule has 0 spiro atoms. The van der Waals surface area contributed by atoms with Gasteiger partial charge in [-0.2, -0.15) is 0 Å². The fourth-order valence-electron chi connectivity index (χ4n) is 2.89. The van der Waals surface area contributed by atoms with E-state index in [-0.39, 0.29) is 23.7 Å². The first-order valence-electron chi connectivity index (χ1n) is 8.29. The molecule has 0 saturated heterocycles. The highest BCUT2D eigenvalue weighted by molar-refractivity contribution is 7.89. The van der Waals surface area contributed by atoms with Crippen LogP contribution in [0.3, 0.4) is 0 Å². The molecule has 27 heavy (non-hydrogen) atoms. The lowest BCUT2D eigenvalue weighted by molar-refractivity contribution is 0.0520. The first kappa shape index (κ1) is 17.2. The number of esters is 1. The largest absolute Gasteiger partial charge is 0.461 e. The third-order valence-electron chi connectivity index (χ3n) is 4.08. The SMILES string of the molecule is CCOC(=O)c1cn2c(cnc3c2ccn3S(=O)(=O)Cc2ccccc2)n1. The van der Waals surface area contributed by atoms with Gasteiger partial charge in [-0.1, -0.05) is 30.3 Å². The lowest BCUT2D eigenvalue weighted by Crippen LogP contribution is -2.14. The summed E-state index contributed by atoms with van der Waals surface area (Å²) in [5.41, 5.74) is 2.07. The Morgan fingerprint density at radius 3 is 2.70 bits per heavy atom. The Balaban J connectivity index is 1.79. The van der Waals surface area contributed by atoms with E-state index < -0.39 is 16.0 Å². The molecule has 0 aliphatic rings. The third kappa shape index (κ3) is 3.06. The van der Waals surface area contributed by atoms with Gasteiger partial charge in [0.15, 0.2) is 17.0 Å². The monoisotopic (exact) mass is 384 g/mol. The van der Waals surface area contributed by atoms with E-state index in [1.54, 1.807) is 41.7 Å². The molecular formula is C18H16N4O4S. The van der Waals surface area contributed by atoms with E-state index in [0.717, 1.165) is 3.97 Å². The first-order chi connectivity index (χ1) is 13.0. The van der Waals surface area contributed by atoms with Gasteiger partial charge < -0.3 is 4.74 Å². The summed E-state index contributed by atoms with van der Waals surface area (Å²) < 4.78 is 33.4. The molecule has 0 amide bonds. The fraction of sp³-hybridized carbons (Fsp3) is 0.167. The summed E-state index contributed by atoms with van der Waals surface area (Å²) in [4.78, 5) is 20.3. The maximum atomic E-state index is 12.8. The van der Waals surface area contributed by atoms with Crippen LogP contribution in [0.2, 0.25) is 0 Å². The van der Waals surface area contributed by atoms with Crippen LogP contribution in [-0.4, -0.2) is 39.3 Å². The minimum atomic E-state index is -3.65. The molecule has 4 rings (SSSR count). The van der Waals surface area contributed by atoms with E-state index in [9.17, 15) is 13.2 Å². The maximum absolute atomic E-state index is 12.8. The molecule has 3 heterocycles. The van der Waals surface area contributed by atoms with Crippen LogP contribution in [0.25, 0.3) is 16.8 Å². The Morgan fingerprint density at radius 2 is 1.96 bits per heavy atom. The van der Waals surface area contributed by atoms with Crippen molar-refractivity contribution in [2.45, 2.75) is 12.7 Å². The number of nitrogens with zero attached hydrogens (tertiary/aromatic N) is 4. The molecule has 0 aliphatic heterocycles. The van der Waals surface area contributed by atoms with Gasteiger partial charge in [-0.05, 0) is 18.6 Å². The quantitative estimate of drug-likeness (QED) is 0.490. The Hall–Kier alpha value is -3.20. The molecule has 138 valence electrons. The highest BCUT2D eigenvalue weighted by Crippen LogP contribution is 2.20. The second-order valence-corrected chi connectivity index (χ2v) is 7.74. The van der Waals surface area contributed by atoms with Crippen LogP contribution in [-0.2, 0) is 20.5 Å². The molecule has 4 aromatic rings. The zero-order chi connectivity index (χ0) is 19.0. The summed E-state index contributed by atoms with van der Waals surface area (Å²) >= 11 is 0. The number of fused-ring (bicyclic) bond motifs is 3. The van der Waals surface area contributed by atoms with Gasteiger partial charge in [-0.15, -0.1) is 0 Å². The number of carbonyl (C=O) groups is 1. The summed E-state index contributed by atoms with van der Waals surface area (Å²) in [7, 11) is -3.65. The van der Waals surface area contributed by atoms with Crippen LogP contribution in [0.15, 0.2) is 55.0 Å². The van der Waals surface area contributed by atoms with Crippen LogP contribution >= 0.6 is 0 Å². The molecule has 0 bridgehead atoms. The standard InChI is InChI=1S/C18H16N4O4S/c1-2-26-18(23)14-11-21-15-8-9-22(17(15)19-10-16(21)20-14)27(24,25)12-13-6-4-3-5-7-13/h3-11H,2,12H2,1H3. The van der Waals surface area contributed by atoms with Crippen LogP contribution < -0.4 is 0 Å². The van der Waals surface area contributed by atoms with Crippen LogP contribution in [0.5, 0.6) is 0 Å². The third-order valence-corrected chi connectivity index (χ3v) is 5.67. The summed E-state index contributed by atoms with van der Waals surface area (Å²) in [6, 6.07) is 10.6. The van der Waals surface area contributed by atoms with E-state index in [0.29, 0.717) is 16.7 Å². The van der Waals surface area contributed by atoms with Gasteiger partial charge in [0.05, 0.1) is 24.1 Å². The van der Waals surface area contributed by atoms with Gasteiger partial charge in [0.2, 0.25) is 10.0 Å². The lowest BCUT2D eigenvalue weighted by Gasteiger charge is -2.07. The van der Waals surface area contributed by atoms with Crippen LogP contribution in [0.4, 0.5) is 0 Å². The average Bonchev–Trinajstić information content (AvgIpc) is 3.26. The topological polar surface area (TPSA) is 95.6 Å². The van der Waals surface area contributed by atoms with Gasteiger partial charge in [-0.25, -0.2) is 27.2 Å². The summed E-state index contributed by atoms with van der Waals surface area (Å²) in [6.07, 6.45) is 4.41. The zero-order valence-electron chi connectivity index (χ0n) is 14.4. The van der Waals surface area contributed by atoms with Crippen molar-refractivity contribution >= 4 is 32.8 Å². The van der Waals surface area contributed by atoms with Crippen molar-refractivity contribution in [3.8, 4) is 0 Å². The predicted molar refractivity (Wildman–Crippen MR) is 98.9 cm³/mol. The first-order valence-corrected chi connectivity index (χ1v) is 9.90. The van der Waals surface area contributed by atoms with Crippen molar-refractivity contribution < 1.29 is 17.9 Å². The minimum absolute atomic E-state index is 0.144. The number of imidazole rings is 1. The van der Waals surface area contributed by atoms with E-state index in [1.807, 2.05) is 6.07 Å². The number of carbonyl (C=O) groups excluding carboxylic acids is 1. The van der Waals surface area contributed by atoms with Crippen molar-refractivity contribution in [1.82, 2.24) is 18.3 Å².